The SMILES string of the molecule is CCCOPCCF. The van der Waals surface area contributed by atoms with E-state index in [1.807, 2.05) is 6.92 Å². The fourth-order valence-corrected chi connectivity index (χ4v) is 0.855. The van der Waals surface area contributed by atoms with Gasteiger partial charge in [0.1, 0.15) is 0 Å². The molecule has 0 rings (SSSR count). The molecule has 1 unspecified atom stereocenters. The Balaban J connectivity index is 2.53. The van der Waals surface area contributed by atoms with E-state index in [-0.39, 0.29) is 6.67 Å². The van der Waals surface area contributed by atoms with Crippen LogP contribution in [0.5, 0.6) is 0 Å². The molecule has 0 spiro atoms. The normalized spacial score (nSPS) is 11.2. The van der Waals surface area contributed by atoms with E-state index in [0.717, 1.165) is 13.0 Å². The summed E-state index contributed by atoms with van der Waals surface area (Å²) in [4.78, 5) is 0. The quantitative estimate of drug-likeness (QED) is 0.417. The van der Waals surface area contributed by atoms with Gasteiger partial charge in [0.15, 0.2) is 0 Å². The molecule has 0 aromatic rings. The van der Waals surface area contributed by atoms with Gasteiger partial charge in [-0.1, -0.05) is 6.92 Å². The Morgan fingerprint density at radius 3 is 2.88 bits per heavy atom. The Kier molecular flexibility index (Phi) is 7.61. The van der Waals surface area contributed by atoms with Crippen LogP contribution in [0.25, 0.3) is 0 Å². The fraction of sp³-hybridized carbons (Fsp3) is 1.00. The Morgan fingerprint density at radius 2 is 2.38 bits per heavy atom. The summed E-state index contributed by atoms with van der Waals surface area (Å²) in [5.74, 6) is 0. The standard InChI is InChI=1S/C5H12FOP/c1-2-4-7-8-5-3-6/h8H,2-5H2,1H3. The van der Waals surface area contributed by atoms with Crippen LogP contribution in [0.3, 0.4) is 0 Å². The maximum atomic E-state index is 11.3. The topological polar surface area (TPSA) is 9.23 Å². The number of hydrogen-bond donors (Lipinski definition) is 0. The summed E-state index contributed by atoms with van der Waals surface area (Å²) in [5.41, 5.74) is 0. The van der Waals surface area contributed by atoms with Crippen LogP contribution in [0.2, 0.25) is 0 Å². The molecule has 0 bridgehead atoms. The molecular weight excluding hydrogens is 126 g/mol. The zero-order valence-electron chi connectivity index (χ0n) is 5.11. The van der Waals surface area contributed by atoms with Crippen molar-refractivity contribution in [3.63, 3.8) is 0 Å². The van der Waals surface area contributed by atoms with Gasteiger partial charge in [0, 0.05) is 15.0 Å². The molecule has 0 aromatic heterocycles. The molecule has 0 N–H and O–H groups in total. The van der Waals surface area contributed by atoms with Gasteiger partial charge in [-0.3, -0.25) is 4.39 Å². The number of rotatable bonds is 5. The van der Waals surface area contributed by atoms with Crippen molar-refractivity contribution >= 4 is 8.81 Å². The van der Waals surface area contributed by atoms with Crippen LogP contribution in [0, 0.1) is 0 Å². The van der Waals surface area contributed by atoms with E-state index in [9.17, 15) is 4.39 Å². The average molecular weight is 138 g/mol. The van der Waals surface area contributed by atoms with E-state index in [1.54, 1.807) is 0 Å². The molecule has 0 saturated carbocycles. The second-order valence-electron chi connectivity index (χ2n) is 1.43. The largest absolute Gasteiger partial charge is 0.362 e. The maximum absolute atomic E-state index is 11.3. The van der Waals surface area contributed by atoms with Crippen LogP contribution >= 0.6 is 8.81 Å². The molecule has 1 atom stereocenters. The second-order valence-corrected chi connectivity index (χ2v) is 2.51. The van der Waals surface area contributed by atoms with Gasteiger partial charge in [0.25, 0.3) is 0 Å². The maximum Gasteiger partial charge on any atom is 0.0952 e. The lowest BCUT2D eigenvalue weighted by atomic mass is 10.5. The number of hydrogen-bond acceptors (Lipinski definition) is 1. The highest BCUT2D eigenvalue weighted by atomic mass is 31.1. The first kappa shape index (κ1) is 8.32. The van der Waals surface area contributed by atoms with E-state index in [0.29, 0.717) is 15.0 Å². The van der Waals surface area contributed by atoms with Crippen LogP contribution in [0.15, 0.2) is 0 Å². The van der Waals surface area contributed by atoms with Crippen LogP contribution in [0.4, 0.5) is 4.39 Å². The molecule has 0 radical (unpaired) electrons. The number of halogens is 1. The van der Waals surface area contributed by atoms with Crippen LogP contribution < -0.4 is 0 Å². The van der Waals surface area contributed by atoms with Crippen molar-refractivity contribution in [2.24, 2.45) is 0 Å². The molecular formula is C5H12FOP. The van der Waals surface area contributed by atoms with E-state index < -0.39 is 0 Å². The first-order valence-corrected chi connectivity index (χ1v) is 3.94. The molecule has 0 saturated heterocycles. The first-order chi connectivity index (χ1) is 3.91. The van der Waals surface area contributed by atoms with Gasteiger partial charge in [0.2, 0.25) is 0 Å². The summed E-state index contributed by atoms with van der Waals surface area (Å²) in [5, 5.41) is 0. The molecule has 0 heterocycles. The first-order valence-electron chi connectivity index (χ1n) is 2.82. The molecule has 0 aliphatic carbocycles. The monoisotopic (exact) mass is 138 g/mol. The van der Waals surface area contributed by atoms with Crippen molar-refractivity contribution in [1.29, 1.82) is 0 Å². The van der Waals surface area contributed by atoms with Crippen LogP contribution in [-0.2, 0) is 4.52 Å². The molecule has 0 aromatic carbocycles. The van der Waals surface area contributed by atoms with Crippen molar-refractivity contribution in [2.45, 2.75) is 13.3 Å². The average Bonchev–Trinajstić information content (AvgIpc) is 1.81. The predicted molar refractivity (Wildman–Crippen MR) is 35.4 cm³/mol. The van der Waals surface area contributed by atoms with Gasteiger partial charge < -0.3 is 4.52 Å². The highest BCUT2D eigenvalue weighted by molar-refractivity contribution is 7.32. The molecule has 0 aliphatic heterocycles. The summed E-state index contributed by atoms with van der Waals surface area (Å²) in [6, 6.07) is 0. The van der Waals surface area contributed by atoms with Gasteiger partial charge in [-0.25, -0.2) is 0 Å². The van der Waals surface area contributed by atoms with Crippen molar-refractivity contribution < 1.29 is 8.91 Å². The molecule has 0 amide bonds. The Morgan fingerprint density at radius 1 is 1.62 bits per heavy atom. The highest BCUT2D eigenvalue weighted by Crippen LogP contribution is 2.10. The van der Waals surface area contributed by atoms with Gasteiger partial charge in [-0.15, -0.1) is 0 Å². The van der Waals surface area contributed by atoms with E-state index in [4.69, 9.17) is 4.52 Å². The molecule has 3 heteroatoms. The Labute approximate surface area is 51.5 Å². The van der Waals surface area contributed by atoms with Gasteiger partial charge >= 0.3 is 0 Å². The smallest absolute Gasteiger partial charge is 0.0952 e. The van der Waals surface area contributed by atoms with Crippen molar-refractivity contribution in [2.75, 3.05) is 19.4 Å². The fourth-order valence-electron chi connectivity index (χ4n) is 0.285. The van der Waals surface area contributed by atoms with Gasteiger partial charge in [-0.05, 0) is 6.42 Å². The molecule has 8 heavy (non-hydrogen) atoms. The highest BCUT2D eigenvalue weighted by Gasteiger charge is 1.83. The van der Waals surface area contributed by atoms with Crippen molar-refractivity contribution in [3.05, 3.63) is 0 Å². The van der Waals surface area contributed by atoms with Gasteiger partial charge in [0.05, 0.1) is 13.3 Å². The third-order valence-electron chi connectivity index (χ3n) is 0.605. The van der Waals surface area contributed by atoms with E-state index >= 15 is 0 Å². The third-order valence-corrected chi connectivity index (χ3v) is 1.41. The summed E-state index contributed by atoms with van der Waals surface area (Å²) in [6.45, 7) is 2.57. The molecule has 0 fully saturated rings. The molecule has 0 aliphatic rings. The third kappa shape index (κ3) is 6.32. The van der Waals surface area contributed by atoms with E-state index in [1.165, 1.54) is 0 Å². The summed E-state index contributed by atoms with van der Waals surface area (Å²) in [7, 11) is 0.364. The summed E-state index contributed by atoms with van der Waals surface area (Å²) >= 11 is 0. The van der Waals surface area contributed by atoms with Crippen LogP contribution in [0.1, 0.15) is 13.3 Å². The summed E-state index contributed by atoms with van der Waals surface area (Å²) in [6.07, 6.45) is 1.60. The number of alkyl halides is 1. The van der Waals surface area contributed by atoms with E-state index in [2.05, 4.69) is 0 Å². The minimum absolute atomic E-state index is 0.248. The minimum atomic E-state index is -0.248. The van der Waals surface area contributed by atoms with Crippen molar-refractivity contribution in [1.82, 2.24) is 0 Å². The summed E-state index contributed by atoms with van der Waals surface area (Å²) < 4.78 is 16.4. The van der Waals surface area contributed by atoms with Crippen molar-refractivity contribution in [3.8, 4) is 0 Å². The minimum Gasteiger partial charge on any atom is -0.362 e. The van der Waals surface area contributed by atoms with Gasteiger partial charge in [-0.2, -0.15) is 0 Å². The predicted octanol–water partition coefficient (Wildman–Crippen LogP) is 1.98. The van der Waals surface area contributed by atoms with Crippen LogP contribution in [-0.4, -0.2) is 19.4 Å². The zero-order chi connectivity index (χ0) is 6.24. The Bertz CT molecular complexity index is 37.4. The molecule has 1 nitrogen and oxygen atoms in total. The lowest BCUT2D eigenvalue weighted by molar-refractivity contribution is 0.359. The molecule has 50 valence electrons. The second kappa shape index (κ2) is 7.32. The zero-order valence-corrected chi connectivity index (χ0v) is 6.11. The lowest BCUT2D eigenvalue weighted by Gasteiger charge is -1.96. The lowest BCUT2D eigenvalue weighted by Crippen LogP contribution is -1.83. The Hall–Kier alpha value is 0.320.